The molecule has 0 amide bonds. The second-order valence-corrected chi connectivity index (χ2v) is 16.1. The van der Waals surface area contributed by atoms with E-state index in [-0.39, 0.29) is 45.3 Å². The number of halogens is 1. The average molecular weight is 902 g/mol. The number of nitrogens with one attached hydrogen (secondary N) is 2. The molecule has 6 aromatic heterocycles. The lowest BCUT2D eigenvalue weighted by molar-refractivity contribution is -0.385. The third kappa shape index (κ3) is 8.97. The smallest absolute Gasteiger partial charge is 0.399 e. The number of nitrogens with zero attached hydrogens (tertiary/aromatic N) is 8. The molecule has 62 heavy (non-hydrogen) atoms. The van der Waals surface area contributed by atoms with Gasteiger partial charge in [0.25, 0.3) is 22.5 Å². The third-order valence-electron chi connectivity index (χ3n) is 10.3. The van der Waals surface area contributed by atoms with Gasteiger partial charge in [0, 0.05) is 34.3 Å². The minimum absolute atomic E-state index is 0.142. The second-order valence-electron chi connectivity index (χ2n) is 15.2. The number of nitro groups is 2. The van der Waals surface area contributed by atoms with Gasteiger partial charge >= 0.3 is 7.12 Å². The topological polar surface area (TPSA) is 232 Å². The molecule has 1 aliphatic heterocycles. The van der Waals surface area contributed by atoms with Crippen LogP contribution in [0.2, 0.25) is 0 Å². The molecule has 0 atom stereocenters. The molecule has 0 saturated carbocycles. The van der Waals surface area contributed by atoms with Gasteiger partial charge in [0.15, 0.2) is 11.6 Å². The van der Waals surface area contributed by atoms with Crippen molar-refractivity contribution < 1.29 is 19.2 Å². The van der Waals surface area contributed by atoms with Crippen molar-refractivity contribution in [3.63, 3.8) is 0 Å². The summed E-state index contributed by atoms with van der Waals surface area (Å²) in [5, 5.41) is 31.9. The molecular formula is C42H38BBrN10O8. The first-order valence-corrected chi connectivity index (χ1v) is 19.8. The molecule has 18 nitrogen and oxygen atoms in total. The first-order valence-electron chi connectivity index (χ1n) is 19.0. The van der Waals surface area contributed by atoms with E-state index in [9.17, 15) is 29.8 Å². The monoisotopic (exact) mass is 900 g/mol. The number of H-pyrrole nitrogens is 2. The summed E-state index contributed by atoms with van der Waals surface area (Å²) in [6, 6.07) is 25.5. The Morgan fingerprint density at radius 1 is 0.677 bits per heavy atom. The molecule has 0 unspecified atom stereocenters. The molecule has 314 valence electrons. The number of aromatic amines is 2. The maximum atomic E-state index is 12.2. The summed E-state index contributed by atoms with van der Waals surface area (Å²) in [6.07, 6.45) is 5.70. The molecule has 2 N–H and O–H groups in total. The highest BCUT2D eigenvalue weighted by Crippen LogP contribution is 2.36. The molecule has 1 fully saturated rings. The van der Waals surface area contributed by atoms with Gasteiger partial charge in [-0.05, 0) is 105 Å². The molecule has 0 radical (unpaired) electrons. The van der Waals surface area contributed by atoms with Gasteiger partial charge in [0.2, 0.25) is 0 Å². The largest absolute Gasteiger partial charge is 0.494 e. The fourth-order valence-corrected chi connectivity index (χ4v) is 6.70. The van der Waals surface area contributed by atoms with Gasteiger partial charge in [-0.25, -0.2) is 19.3 Å². The Labute approximate surface area is 361 Å². The average Bonchev–Trinajstić information content (AvgIpc) is 3.91. The molecule has 0 bridgehead atoms. The first-order chi connectivity index (χ1) is 29.4. The lowest BCUT2D eigenvalue weighted by Crippen LogP contribution is -2.41. The minimum atomic E-state index is -0.583. The number of benzene rings is 2. The fourth-order valence-electron chi connectivity index (χ4n) is 6.35. The quantitative estimate of drug-likeness (QED) is 0.0970. The summed E-state index contributed by atoms with van der Waals surface area (Å²) in [5.41, 5.74) is 3.55. The van der Waals surface area contributed by atoms with Crippen molar-refractivity contribution >= 4 is 61.7 Å². The zero-order valence-electron chi connectivity index (χ0n) is 34.2. The van der Waals surface area contributed by atoms with Crippen LogP contribution in [0, 0.1) is 34.1 Å². The van der Waals surface area contributed by atoms with Gasteiger partial charge in [-0.15, -0.1) is 0 Å². The lowest BCUT2D eigenvalue weighted by atomic mass is 9.79. The van der Waals surface area contributed by atoms with Crippen molar-refractivity contribution in [3.05, 3.63) is 167 Å². The maximum absolute atomic E-state index is 12.2. The van der Waals surface area contributed by atoms with Crippen LogP contribution >= 0.6 is 15.9 Å². The van der Waals surface area contributed by atoms with E-state index in [4.69, 9.17) is 9.31 Å². The summed E-state index contributed by atoms with van der Waals surface area (Å²) in [7, 11) is -0.386. The van der Waals surface area contributed by atoms with Gasteiger partial charge in [0.1, 0.15) is 0 Å². The Morgan fingerprint density at radius 2 is 1.18 bits per heavy atom. The summed E-state index contributed by atoms with van der Waals surface area (Å²) in [6.45, 7) is 12.1. The van der Waals surface area contributed by atoms with Crippen LogP contribution in [-0.2, 0) is 9.31 Å². The molecule has 0 spiro atoms. The number of rotatable bonds is 6. The molecule has 2 aromatic carbocycles. The van der Waals surface area contributed by atoms with Crippen molar-refractivity contribution in [1.82, 2.24) is 39.5 Å². The highest BCUT2D eigenvalue weighted by molar-refractivity contribution is 9.10. The molecular weight excluding hydrogens is 863 g/mol. The van der Waals surface area contributed by atoms with Crippen molar-refractivity contribution in [1.29, 1.82) is 0 Å². The predicted molar refractivity (Wildman–Crippen MR) is 237 cm³/mol. The summed E-state index contributed by atoms with van der Waals surface area (Å²) < 4.78 is 16.0. The number of aromatic nitrogens is 8. The molecule has 7 heterocycles. The molecule has 9 rings (SSSR count). The number of aryl methyl sites for hydroxylation is 2. The van der Waals surface area contributed by atoms with Gasteiger partial charge in [-0.1, -0.05) is 36.4 Å². The van der Waals surface area contributed by atoms with Crippen molar-refractivity contribution in [2.75, 3.05) is 0 Å². The first kappa shape index (κ1) is 43.0. The van der Waals surface area contributed by atoms with Crippen molar-refractivity contribution in [3.8, 4) is 22.8 Å². The number of hydrogen-bond acceptors (Lipinski definition) is 12. The molecule has 0 aliphatic carbocycles. The Balaban J connectivity index is 0.000000151. The van der Waals surface area contributed by atoms with Gasteiger partial charge in [-0.3, -0.25) is 29.8 Å². The van der Waals surface area contributed by atoms with Crippen LogP contribution in [0.1, 0.15) is 39.1 Å². The Bertz CT molecular complexity index is 3110. The van der Waals surface area contributed by atoms with Crippen LogP contribution in [0.3, 0.4) is 0 Å². The summed E-state index contributed by atoms with van der Waals surface area (Å²) >= 11 is 2.87. The van der Waals surface area contributed by atoms with E-state index in [1.807, 2.05) is 73.3 Å². The molecule has 8 aromatic rings. The highest BCUT2D eigenvalue weighted by Gasteiger charge is 2.51. The van der Waals surface area contributed by atoms with E-state index in [2.05, 4.69) is 85.9 Å². The molecule has 1 saturated heterocycles. The van der Waals surface area contributed by atoms with Gasteiger partial charge in [0.05, 0.1) is 66.9 Å². The Morgan fingerprint density at radius 3 is 1.69 bits per heavy atom. The fraction of sp³-hybridized carbons (Fsp3) is 0.190. The maximum Gasteiger partial charge on any atom is 0.494 e. The van der Waals surface area contributed by atoms with Crippen LogP contribution in [0.25, 0.3) is 44.6 Å². The normalized spacial score (nSPS) is 13.9. The highest BCUT2D eigenvalue weighted by atomic mass is 79.9. The zero-order valence-corrected chi connectivity index (χ0v) is 35.8. The zero-order chi connectivity index (χ0) is 44.5. The van der Waals surface area contributed by atoms with E-state index < -0.39 is 15.4 Å². The second kappa shape index (κ2) is 17.1. The van der Waals surface area contributed by atoms with Crippen LogP contribution in [0.4, 0.5) is 11.4 Å². The predicted octanol–water partition coefficient (Wildman–Crippen LogP) is 7.07. The van der Waals surface area contributed by atoms with E-state index in [0.29, 0.717) is 11.4 Å². The molecule has 1 aliphatic rings. The van der Waals surface area contributed by atoms with Crippen molar-refractivity contribution in [2.45, 2.75) is 52.7 Å². The summed E-state index contributed by atoms with van der Waals surface area (Å²) in [5.74, 6) is 1.46. The lowest BCUT2D eigenvalue weighted by Gasteiger charge is -2.32. The van der Waals surface area contributed by atoms with E-state index in [1.54, 1.807) is 23.0 Å². The Hall–Kier alpha value is -7.16. The summed E-state index contributed by atoms with van der Waals surface area (Å²) in [4.78, 5) is 56.5. The van der Waals surface area contributed by atoms with E-state index >= 15 is 0 Å². The number of fused-ring (bicyclic) bond motifs is 2. The number of hydrogen-bond donors (Lipinski definition) is 2. The number of pyridine rings is 4. The van der Waals surface area contributed by atoms with Gasteiger partial charge < -0.3 is 19.3 Å². The van der Waals surface area contributed by atoms with E-state index in [1.165, 1.54) is 6.07 Å². The van der Waals surface area contributed by atoms with Crippen LogP contribution in [0.5, 0.6) is 0 Å². The third-order valence-corrected chi connectivity index (χ3v) is 10.9. The van der Waals surface area contributed by atoms with Gasteiger partial charge in [-0.2, -0.15) is 10.2 Å². The van der Waals surface area contributed by atoms with E-state index in [0.717, 1.165) is 62.9 Å². The van der Waals surface area contributed by atoms with Crippen LogP contribution < -0.4 is 16.6 Å². The SMILES string of the molecule is Cc1cccc(-n2ncc3ccc(-c4cc([N+](=O)[O-])c[nH]c4=O)cc32)n1.Cc1cccc(-n2ncc3ccc(B4OC(C)(C)C(C)(C)O4)cc32)n1.O=c1[nH]cc([N+](=O)[O-])cc1Br. The standard InChI is InChI=1S/C19H22BN3O2.C18H13N5O3.C5H3BrN2O3/c1-13-7-6-8-17(22-13)23-16-11-15(10-9-14(16)12-21-23)20-24-18(2,3)19(4,5)25-20;1-11-3-2-4-17(21-11)22-16-7-12(5-6-13(16)9-20-22)15-8-14(23(25)26)10-19-18(15)24;6-4-1-3(8(10)11)2-7-5(4)9/h6-12H,1-5H3;2-10H,1H3,(H,19,24);1-2H,(H,7,9). The Kier molecular flexibility index (Phi) is 11.8. The van der Waals surface area contributed by atoms with Crippen LogP contribution in [0.15, 0.2) is 124 Å². The molecule has 20 heteroatoms. The van der Waals surface area contributed by atoms with Crippen molar-refractivity contribution in [2.24, 2.45) is 0 Å². The minimum Gasteiger partial charge on any atom is -0.399 e. The van der Waals surface area contributed by atoms with Crippen LogP contribution in [-0.4, -0.2) is 67.7 Å².